The largest absolute Gasteiger partial charge is 0.463 e. The van der Waals surface area contributed by atoms with Gasteiger partial charge in [0.25, 0.3) is 5.91 Å². The highest BCUT2D eigenvalue weighted by molar-refractivity contribution is 6.06. The lowest BCUT2D eigenvalue weighted by molar-refractivity contribution is 0.0952. The fourth-order valence-electron chi connectivity index (χ4n) is 3.59. The summed E-state index contributed by atoms with van der Waals surface area (Å²) < 4.78 is 9.14. The number of aromatic nitrogens is 6. The van der Waals surface area contributed by atoms with Crippen LogP contribution >= 0.6 is 0 Å². The van der Waals surface area contributed by atoms with Crippen molar-refractivity contribution in [3.8, 4) is 17.3 Å². The minimum atomic E-state index is -0.228. The molecule has 5 aromatic heterocycles. The summed E-state index contributed by atoms with van der Waals surface area (Å²) in [4.78, 5) is 26.5. The second-order valence-corrected chi connectivity index (χ2v) is 7.59. The highest BCUT2D eigenvalue weighted by atomic mass is 16.3. The number of imidazole rings is 1. The smallest absolute Gasteiger partial charge is 0.252 e. The molecule has 5 aromatic rings. The van der Waals surface area contributed by atoms with Crippen LogP contribution < -0.4 is 5.32 Å². The molecule has 0 unspecified atom stereocenters. The molecule has 5 heterocycles. The van der Waals surface area contributed by atoms with Crippen LogP contribution in [0.5, 0.6) is 0 Å². The molecule has 0 aliphatic heterocycles. The van der Waals surface area contributed by atoms with Gasteiger partial charge in [-0.3, -0.25) is 9.36 Å². The van der Waals surface area contributed by atoms with Crippen LogP contribution in [0.25, 0.3) is 28.3 Å². The number of pyridine rings is 2. The number of nitrogens with zero attached hydrogens (tertiary/aromatic N) is 6. The fraction of sp³-hybridized carbons (Fsp3) is 0.174. The quantitative estimate of drug-likeness (QED) is 0.442. The lowest BCUT2D eigenvalue weighted by Crippen LogP contribution is -2.24. The second-order valence-electron chi connectivity index (χ2n) is 7.59. The van der Waals surface area contributed by atoms with Crippen LogP contribution in [0.4, 0.5) is 0 Å². The number of amides is 1. The highest BCUT2D eigenvalue weighted by Crippen LogP contribution is 2.26. The SMILES string of the molecule is CC(C)n1ncc2c(C(=O)NCc3cccnc3-n3ccnc3)cc(-c3ccco3)nc21. The Balaban J connectivity index is 1.50. The number of carbonyl (C=O) groups excluding carboxylic acids is 1. The van der Waals surface area contributed by atoms with Crippen molar-refractivity contribution in [2.24, 2.45) is 0 Å². The molecule has 0 aliphatic carbocycles. The minimum Gasteiger partial charge on any atom is -0.463 e. The van der Waals surface area contributed by atoms with E-state index in [1.807, 2.05) is 42.8 Å². The van der Waals surface area contributed by atoms with Gasteiger partial charge in [0.1, 0.15) is 17.8 Å². The van der Waals surface area contributed by atoms with Crippen molar-refractivity contribution >= 4 is 16.9 Å². The van der Waals surface area contributed by atoms with Gasteiger partial charge in [-0.1, -0.05) is 6.07 Å². The van der Waals surface area contributed by atoms with Gasteiger partial charge >= 0.3 is 0 Å². The number of nitrogens with one attached hydrogen (secondary N) is 1. The Hall–Kier alpha value is -4.27. The number of carbonyl (C=O) groups is 1. The molecule has 9 heteroatoms. The first-order chi connectivity index (χ1) is 15.6. The third-order valence-electron chi connectivity index (χ3n) is 5.13. The topological polar surface area (TPSA) is 104 Å². The van der Waals surface area contributed by atoms with Gasteiger partial charge in [0.15, 0.2) is 11.4 Å². The van der Waals surface area contributed by atoms with E-state index < -0.39 is 0 Å². The van der Waals surface area contributed by atoms with Crippen molar-refractivity contribution < 1.29 is 9.21 Å². The molecule has 9 nitrogen and oxygen atoms in total. The van der Waals surface area contributed by atoms with Crippen LogP contribution in [0.1, 0.15) is 35.8 Å². The summed E-state index contributed by atoms with van der Waals surface area (Å²) in [5.74, 6) is 1.08. The molecule has 1 amide bonds. The molecule has 0 spiro atoms. The molecule has 0 radical (unpaired) electrons. The molecular formula is C23H21N7O2. The molecular weight excluding hydrogens is 406 g/mol. The summed E-state index contributed by atoms with van der Waals surface area (Å²) in [5.41, 5.74) is 2.57. The highest BCUT2D eigenvalue weighted by Gasteiger charge is 2.19. The van der Waals surface area contributed by atoms with Gasteiger partial charge in [-0.05, 0) is 38.1 Å². The van der Waals surface area contributed by atoms with Crippen LogP contribution in [-0.2, 0) is 6.54 Å². The van der Waals surface area contributed by atoms with Gasteiger partial charge in [-0.15, -0.1) is 0 Å². The average Bonchev–Trinajstić information content (AvgIpc) is 3.58. The van der Waals surface area contributed by atoms with Gasteiger partial charge < -0.3 is 9.73 Å². The van der Waals surface area contributed by atoms with Crippen molar-refractivity contribution in [3.63, 3.8) is 0 Å². The zero-order valence-electron chi connectivity index (χ0n) is 17.6. The Morgan fingerprint density at radius 1 is 1.22 bits per heavy atom. The van der Waals surface area contributed by atoms with Gasteiger partial charge in [-0.2, -0.15) is 5.10 Å². The summed E-state index contributed by atoms with van der Waals surface area (Å²) in [6.45, 7) is 4.35. The molecule has 0 saturated heterocycles. The van der Waals surface area contributed by atoms with Gasteiger partial charge in [0.2, 0.25) is 0 Å². The number of furan rings is 1. The summed E-state index contributed by atoms with van der Waals surface area (Å²) in [6.07, 6.45) is 10.2. The van der Waals surface area contributed by atoms with Crippen molar-refractivity contribution in [3.05, 3.63) is 78.8 Å². The maximum atomic E-state index is 13.3. The predicted octanol–water partition coefficient (Wildman–Crippen LogP) is 3.78. The first-order valence-electron chi connectivity index (χ1n) is 10.2. The molecule has 32 heavy (non-hydrogen) atoms. The molecule has 0 fully saturated rings. The van der Waals surface area contributed by atoms with E-state index in [1.165, 1.54) is 0 Å². The third-order valence-corrected chi connectivity index (χ3v) is 5.13. The standard InChI is InChI=1S/C23H21N7O2/c1-15(2)30-22-18(13-27-30)17(11-19(28-22)20-6-4-10-32-20)23(31)26-12-16-5-3-7-25-21(16)29-9-8-24-14-29/h3-11,13-15H,12H2,1-2H3,(H,26,31). The van der Waals surface area contributed by atoms with E-state index in [1.54, 1.807) is 48.0 Å². The van der Waals surface area contributed by atoms with E-state index in [0.29, 0.717) is 40.4 Å². The molecule has 0 aliphatic rings. The molecule has 160 valence electrons. The molecule has 1 N–H and O–H groups in total. The number of rotatable bonds is 6. The lowest BCUT2D eigenvalue weighted by Gasteiger charge is -2.12. The average molecular weight is 427 g/mol. The van der Waals surface area contributed by atoms with Gasteiger partial charge in [-0.25, -0.2) is 19.6 Å². The number of hydrogen-bond donors (Lipinski definition) is 1. The molecule has 0 atom stereocenters. The van der Waals surface area contributed by atoms with Crippen molar-refractivity contribution in [1.82, 2.24) is 34.6 Å². The fourth-order valence-corrected chi connectivity index (χ4v) is 3.59. The number of hydrogen-bond acceptors (Lipinski definition) is 6. The summed E-state index contributed by atoms with van der Waals surface area (Å²) >= 11 is 0. The normalized spacial score (nSPS) is 11.3. The summed E-state index contributed by atoms with van der Waals surface area (Å²) in [5, 5.41) is 8.15. The summed E-state index contributed by atoms with van der Waals surface area (Å²) in [7, 11) is 0. The molecule has 0 saturated carbocycles. The van der Waals surface area contributed by atoms with E-state index in [9.17, 15) is 4.79 Å². The Kier molecular flexibility index (Phi) is 4.98. The Bertz CT molecular complexity index is 1370. The number of fused-ring (bicyclic) bond motifs is 1. The molecule has 0 aromatic carbocycles. The second kappa shape index (κ2) is 8.10. The van der Waals surface area contributed by atoms with Crippen LogP contribution in [0, 0.1) is 0 Å². The molecule has 0 bridgehead atoms. The van der Waals surface area contributed by atoms with E-state index in [2.05, 4.69) is 20.4 Å². The van der Waals surface area contributed by atoms with E-state index >= 15 is 0 Å². The summed E-state index contributed by atoms with van der Waals surface area (Å²) in [6, 6.07) is 9.21. The Morgan fingerprint density at radius 2 is 2.12 bits per heavy atom. The van der Waals surface area contributed by atoms with Crippen LogP contribution in [0.2, 0.25) is 0 Å². The van der Waals surface area contributed by atoms with Crippen LogP contribution in [0.3, 0.4) is 0 Å². The molecule has 5 rings (SSSR count). The van der Waals surface area contributed by atoms with Gasteiger partial charge in [0, 0.05) is 36.7 Å². The monoisotopic (exact) mass is 427 g/mol. The van der Waals surface area contributed by atoms with Crippen molar-refractivity contribution in [1.29, 1.82) is 0 Å². The minimum absolute atomic E-state index is 0.0934. The van der Waals surface area contributed by atoms with Gasteiger partial charge in [0.05, 0.1) is 23.4 Å². The van der Waals surface area contributed by atoms with E-state index in [0.717, 1.165) is 5.56 Å². The Morgan fingerprint density at radius 3 is 2.88 bits per heavy atom. The maximum absolute atomic E-state index is 13.3. The third kappa shape index (κ3) is 3.53. The zero-order chi connectivity index (χ0) is 22.1. The first kappa shape index (κ1) is 19.7. The van der Waals surface area contributed by atoms with E-state index in [-0.39, 0.29) is 11.9 Å². The maximum Gasteiger partial charge on any atom is 0.252 e. The zero-order valence-corrected chi connectivity index (χ0v) is 17.6. The lowest BCUT2D eigenvalue weighted by atomic mass is 10.1. The van der Waals surface area contributed by atoms with E-state index in [4.69, 9.17) is 9.40 Å². The van der Waals surface area contributed by atoms with Crippen molar-refractivity contribution in [2.45, 2.75) is 26.4 Å². The predicted molar refractivity (Wildman–Crippen MR) is 118 cm³/mol. The van der Waals surface area contributed by atoms with Crippen LogP contribution in [0.15, 0.2) is 72.1 Å². The van der Waals surface area contributed by atoms with Crippen LogP contribution in [-0.4, -0.2) is 35.2 Å². The van der Waals surface area contributed by atoms with Crippen molar-refractivity contribution in [2.75, 3.05) is 0 Å². The first-order valence-corrected chi connectivity index (χ1v) is 10.2. The Labute approximate surface area is 183 Å².